The van der Waals surface area contributed by atoms with Crippen molar-refractivity contribution in [2.24, 2.45) is 0 Å². The van der Waals surface area contributed by atoms with Gasteiger partial charge in [0.2, 0.25) is 0 Å². The number of nitrogens with zero attached hydrogens (tertiary/aromatic N) is 2. The average molecular weight is 373 g/mol. The molecule has 1 N–H and O–H groups in total. The highest BCUT2D eigenvalue weighted by atomic mass is 19.4. The Kier molecular flexibility index (Phi) is 4.78. The van der Waals surface area contributed by atoms with Gasteiger partial charge in [0.1, 0.15) is 0 Å². The van der Waals surface area contributed by atoms with E-state index in [4.69, 9.17) is 0 Å². The van der Waals surface area contributed by atoms with Crippen LogP contribution >= 0.6 is 0 Å². The van der Waals surface area contributed by atoms with Crippen LogP contribution in [-0.2, 0) is 6.18 Å². The fourth-order valence-electron chi connectivity index (χ4n) is 2.95. The number of hydrogen-bond donors (Lipinski definition) is 1. The number of aromatic nitrogens is 2. The van der Waals surface area contributed by atoms with Gasteiger partial charge in [-0.15, -0.1) is 0 Å². The van der Waals surface area contributed by atoms with Crippen LogP contribution in [-0.4, -0.2) is 15.7 Å². The van der Waals surface area contributed by atoms with Crippen LogP contribution in [0.15, 0.2) is 48.7 Å². The van der Waals surface area contributed by atoms with Gasteiger partial charge in [-0.3, -0.25) is 4.79 Å². The summed E-state index contributed by atoms with van der Waals surface area (Å²) in [4.78, 5) is 12.6. The predicted molar refractivity (Wildman–Crippen MR) is 97.2 cm³/mol. The molecular weight excluding hydrogens is 355 g/mol. The first-order valence-electron chi connectivity index (χ1n) is 8.27. The minimum atomic E-state index is -4.44. The average Bonchev–Trinajstić information content (AvgIpc) is 2.95. The van der Waals surface area contributed by atoms with Gasteiger partial charge in [0.15, 0.2) is 0 Å². The number of aryl methyl sites for hydroxylation is 2. The van der Waals surface area contributed by atoms with Gasteiger partial charge >= 0.3 is 6.18 Å². The Labute approximate surface area is 154 Å². The fourth-order valence-corrected chi connectivity index (χ4v) is 2.95. The van der Waals surface area contributed by atoms with E-state index in [-0.39, 0.29) is 11.6 Å². The van der Waals surface area contributed by atoms with E-state index in [1.807, 2.05) is 32.0 Å². The molecule has 0 saturated carbocycles. The van der Waals surface area contributed by atoms with Gasteiger partial charge in [-0.05, 0) is 62.2 Å². The molecule has 3 rings (SSSR count). The van der Waals surface area contributed by atoms with E-state index in [9.17, 15) is 18.0 Å². The maximum absolute atomic E-state index is 12.9. The summed E-state index contributed by atoms with van der Waals surface area (Å²) in [5.74, 6) is -0.365. The monoisotopic (exact) mass is 373 g/mol. The molecule has 0 unspecified atom stereocenters. The van der Waals surface area contributed by atoms with E-state index in [1.165, 1.54) is 23.0 Å². The minimum Gasteiger partial charge on any atom is -0.322 e. The van der Waals surface area contributed by atoms with Crippen molar-refractivity contribution in [1.29, 1.82) is 0 Å². The third-order valence-electron chi connectivity index (χ3n) is 4.15. The lowest BCUT2D eigenvalue weighted by Gasteiger charge is -2.10. The van der Waals surface area contributed by atoms with Crippen molar-refractivity contribution in [3.8, 4) is 5.69 Å². The molecule has 0 atom stereocenters. The molecule has 0 spiro atoms. The summed E-state index contributed by atoms with van der Waals surface area (Å²) in [6.07, 6.45) is -3.09. The van der Waals surface area contributed by atoms with Crippen molar-refractivity contribution in [3.63, 3.8) is 0 Å². The molecule has 1 aromatic heterocycles. The summed E-state index contributed by atoms with van der Waals surface area (Å²) in [6, 6.07) is 10.5. The number of nitrogens with one attached hydrogen (secondary N) is 1. The lowest BCUT2D eigenvalue weighted by atomic mass is 10.1. The van der Waals surface area contributed by atoms with Gasteiger partial charge in [-0.1, -0.05) is 12.1 Å². The summed E-state index contributed by atoms with van der Waals surface area (Å²) >= 11 is 0. The summed E-state index contributed by atoms with van der Waals surface area (Å²) in [5, 5.41) is 6.90. The Morgan fingerprint density at radius 1 is 1.04 bits per heavy atom. The second-order valence-corrected chi connectivity index (χ2v) is 6.43. The number of benzene rings is 2. The number of amides is 1. The van der Waals surface area contributed by atoms with Crippen molar-refractivity contribution >= 4 is 11.6 Å². The number of carbonyl (C=O) groups is 1. The number of rotatable bonds is 3. The SMILES string of the molecule is Cc1cc(C)cc(NC(=O)c2cnn(-c3cccc(C(F)(F)F)c3)c2C)c1. The van der Waals surface area contributed by atoms with Gasteiger partial charge < -0.3 is 5.32 Å². The second kappa shape index (κ2) is 6.90. The summed E-state index contributed by atoms with van der Waals surface area (Å²) < 4.78 is 40.1. The van der Waals surface area contributed by atoms with Crippen LogP contribution in [0.5, 0.6) is 0 Å². The Morgan fingerprint density at radius 3 is 2.33 bits per heavy atom. The van der Waals surface area contributed by atoms with E-state index in [0.29, 0.717) is 16.9 Å². The number of halogens is 3. The molecule has 0 aliphatic rings. The third-order valence-corrected chi connectivity index (χ3v) is 4.15. The van der Waals surface area contributed by atoms with Gasteiger partial charge in [-0.2, -0.15) is 18.3 Å². The largest absolute Gasteiger partial charge is 0.416 e. The Hall–Kier alpha value is -3.09. The highest BCUT2D eigenvalue weighted by Crippen LogP contribution is 2.30. The fraction of sp³-hybridized carbons (Fsp3) is 0.200. The first-order chi connectivity index (χ1) is 12.6. The first kappa shape index (κ1) is 18.7. The lowest BCUT2D eigenvalue weighted by molar-refractivity contribution is -0.137. The first-order valence-corrected chi connectivity index (χ1v) is 8.27. The van der Waals surface area contributed by atoms with E-state index in [2.05, 4.69) is 10.4 Å². The van der Waals surface area contributed by atoms with Crippen LogP contribution < -0.4 is 5.32 Å². The highest BCUT2D eigenvalue weighted by Gasteiger charge is 2.30. The molecule has 0 radical (unpaired) electrons. The Morgan fingerprint density at radius 2 is 1.70 bits per heavy atom. The summed E-state index contributed by atoms with van der Waals surface area (Å²) in [5.41, 5.74) is 2.92. The number of hydrogen-bond acceptors (Lipinski definition) is 2. The van der Waals surface area contributed by atoms with Crippen molar-refractivity contribution in [2.75, 3.05) is 5.32 Å². The van der Waals surface area contributed by atoms with Crippen molar-refractivity contribution in [2.45, 2.75) is 26.9 Å². The molecule has 140 valence electrons. The second-order valence-electron chi connectivity index (χ2n) is 6.43. The van der Waals surface area contributed by atoms with Gasteiger partial charge in [-0.25, -0.2) is 4.68 Å². The quantitative estimate of drug-likeness (QED) is 0.697. The molecule has 4 nitrogen and oxygen atoms in total. The van der Waals surface area contributed by atoms with E-state index < -0.39 is 11.7 Å². The number of carbonyl (C=O) groups excluding carboxylic acids is 1. The molecule has 3 aromatic rings. The summed E-state index contributed by atoms with van der Waals surface area (Å²) in [7, 11) is 0. The topological polar surface area (TPSA) is 46.9 Å². The van der Waals surface area contributed by atoms with Crippen molar-refractivity contribution < 1.29 is 18.0 Å². The number of alkyl halides is 3. The molecule has 2 aromatic carbocycles. The Bertz CT molecular complexity index is 986. The van der Waals surface area contributed by atoms with Gasteiger partial charge in [0, 0.05) is 5.69 Å². The van der Waals surface area contributed by atoms with Crippen LogP contribution in [0.3, 0.4) is 0 Å². The van der Waals surface area contributed by atoms with Crippen LogP contribution in [0.25, 0.3) is 5.69 Å². The lowest BCUT2D eigenvalue weighted by Crippen LogP contribution is -2.13. The zero-order valence-corrected chi connectivity index (χ0v) is 15.1. The molecule has 27 heavy (non-hydrogen) atoms. The minimum absolute atomic E-state index is 0.243. The molecule has 0 saturated heterocycles. The van der Waals surface area contributed by atoms with E-state index >= 15 is 0 Å². The third kappa shape index (κ3) is 4.02. The maximum atomic E-state index is 12.9. The van der Waals surface area contributed by atoms with Gasteiger partial charge in [0.05, 0.1) is 28.7 Å². The predicted octanol–water partition coefficient (Wildman–Crippen LogP) is 5.07. The Balaban J connectivity index is 1.90. The van der Waals surface area contributed by atoms with E-state index in [1.54, 1.807) is 6.92 Å². The smallest absolute Gasteiger partial charge is 0.322 e. The zero-order chi connectivity index (χ0) is 19.8. The van der Waals surface area contributed by atoms with Gasteiger partial charge in [0.25, 0.3) is 5.91 Å². The zero-order valence-electron chi connectivity index (χ0n) is 15.1. The molecule has 0 aliphatic heterocycles. The molecular formula is C20H18F3N3O. The maximum Gasteiger partial charge on any atom is 0.416 e. The van der Waals surface area contributed by atoms with Crippen LogP contribution in [0, 0.1) is 20.8 Å². The van der Waals surface area contributed by atoms with Crippen molar-refractivity contribution in [1.82, 2.24) is 9.78 Å². The molecule has 7 heteroatoms. The molecule has 0 fully saturated rings. The summed E-state index contributed by atoms with van der Waals surface area (Å²) in [6.45, 7) is 5.50. The highest BCUT2D eigenvalue weighted by molar-refractivity contribution is 6.05. The molecule has 0 bridgehead atoms. The van der Waals surface area contributed by atoms with Crippen LogP contribution in [0.1, 0.15) is 32.7 Å². The van der Waals surface area contributed by atoms with Crippen LogP contribution in [0.2, 0.25) is 0 Å². The molecule has 0 aliphatic carbocycles. The van der Waals surface area contributed by atoms with Crippen molar-refractivity contribution in [3.05, 3.63) is 76.6 Å². The van der Waals surface area contributed by atoms with Crippen LogP contribution in [0.4, 0.5) is 18.9 Å². The number of anilines is 1. The van der Waals surface area contributed by atoms with E-state index in [0.717, 1.165) is 23.3 Å². The molecule has 1 heterocycles. The normalized spacial score (nSPS) is 11.5. The molecule has 1 amide bonds. The standard InChI is InChI=1S/C20H18F3N3O/c1-12-7-13(2)9-16(8-12)25-19(27)18-11-24-26(14(18)3)17-6-4-5-15(10-17)20(21,22)23/h4-11H,1-3H3,(H,25,27).